The van der Waals surface area contributed by atoms with Crippen molar-refractivity contribution in [2.45, 2.75) is 6.61 Å². The van der Waals surface area contributed by atoms with Crippen molar-refractivity contribution in [3.8, 4) is 11.3 Å². The maximum absolute atomic E-state index is 13.9. The third-order valence-electron chi connectivity index (χ3n) is 2.36. The molecule has 0 aliphatic carbocycles. The minimum absolute atomic E-state index is 0.00435. The van der Waals surface area contributed by atoms with Gasteiger partial charge in [0.25, 0.3) is 0 Å². The lowest BCUT2D eigenvalue weighted by molar-refractivity contribution is 0.280. The van der Waals surface area contributed by atoms with E-state index in [4.69, 9.17) is 39.9 Å². The zero-order valence-electron chi connectivity index (χ0n) is 8.92. The van der Waals surface area contributed by atoms with Gasteiger partial charge in [0.1, 0.15) is 11.5 Å². The van der Waals surface area contributed by atoms with Crippen molar-refractivity contribution in [1.82, 2.24) is 4.98 Å². The van der Waals surface area contributed by atoms with Gasteiger partial charge in [0, 0.05) is 11.8 Å². The van der Waals surface area contributed by atoms with Gasteiger partial charge in [0.15, 0.2) is 0 Å². The summed E-state index contributed by atoms with van der Waals surface area (Å²) in [5.41, 5.74) is 0.614. The number of hydrogen-bond acceptors (Lipinski definition) is 2. The molecule has 0 saturated carbocycles. The fourth-order valence-electron chi connectivity index (χ4n) is 1.49. The first-order valence-corrected chi connectivity index (χ1v) is 6.07. The zero-order valence-corrected chi connectivity index (χ0v) is 11.2. The molecule has 0 aliphatic heterocycles. The SMILES string of the molecule is OCc1cnc(-c2c(Cl)ccc(Cl)c2Cl)c(F)c1. The Bertz CT molecular complexity index is 604. The fraction of sp³-hybridized carbons (Fsp3) is 0.0833. The van der Waals surface area contributed by atoms with Crippen LogP contribution in [-0.2, 0) is 6.61 Å². The summed E-state index contributed by atoms with van der Waals surface area (Å²) in [6.07, 6.45) is 1.35. The van der Waals surface area contributed by atoms with E-state index in [0.29, 0.717) is 5.56 Å². The van der Waals surface area contributed by atoms with E-state index in [1.165, 1.54) is 24.4 Å². The zero-order chi connectivity index (χ0) is 13.3. The molecule has 2 rings (SSSR count). The molecule has 1 N–H and O–H groups in total. The lowest BCUT2D eigenvalue weighted by Gasteiger charge is -2.09. The monoisotopic (exact) mass is 305 g/mol. The van der Waals surface area contributed by atoms with Gasteiger partial charge in [0.05, 0.1) is 21.7 Å². The van der Waals surface area contributed by atoms with Crippen LogP contribution in [0.4, 0.5) is 4.39 Å². The Kier molecular flexibility index (Phi) is 4.07. The van der Waals surface area contributed by atoms with E-state index >= 15 is 0 Å². The molecule has 0 atom stereocenters. The highest BCUT2D eigenvalue weighted by Gasteiger charge is 2.17. The quantitative estimate of drug-likeness (QED) is 0.837. The van der Waals surface area contributed by atoms with Crippen LogP contribution in [0.25, 0.3) is 11.3 Å². The number of aliphatic hydroxyl groups is 1. The van der Waals surface area contributed by atoms with Gasteiger partial charge in [-0.2, -0.15) is 0 Å². The molecule has 0 fully saturated rings. The molecule has 0 unspecified atom stereocenters. The maximum atomic E-state index is 13.9. The highest BCUT2D eigenvalue weighted by Crippen LogP contribution is 2.39. The lowest BCUT2D eigenvalue weighted by Crippen LogP contribution is -1.95. The summed E-state index contributed by atoms with van der Waals surface area (Å²) < 4.78 is 13.9. The number of nitrogens with zero attached hydrogens (tertiary/aromatic N) is 1. The van der Waals surface area contributed by atoms with E-state index in [9.17, 15) is 4.39 Å². The van der Waals surface area contributed by atoms with Crippen molar-refractivity contribution in [2.24, 2.45) is 0 Å². The van der Waals surface area contributed by atoms with Gasteiger partial charge in [-0.3, -0.25) is 4.98 Å². The van der Waals surface area contributed by atoms with Crippen LogP contribution >= 0.6 is 34.8 Å². The number of pyridine rings is 1. The Morgan fingerprint density at radius 1 is 1.17 bits per heavy atom. The van der Waals surface area contributed by atoms with Gasteiger partial charge >= 0.3 is 0 Å². The number of rotatable bonds is 2. The molecule has 2 nitrogen and oxygen atoms in total. The molecule has 0 spiro atoms. The van der Waals surface area contributed by atoms with Crippen LogP contribution in [0.3, 0.4) is 0 Å². The van der Waals surface area contributed by atoms with Crippen LogP contribution in [0.1, 0.15) is 5.56 Å². The van der Waals surface area contributed by atoms with Crippen LogP contribution in [-0.4, -0.2) is 10.1 Å². The van der Waals surface area contributed by atoms with Crippen LogP contribution in [0.2, 0.25) is 15.1 Å². The topological polar surface area (TPSA) is 33.1 Å². The maximum Gasteiger partial charge on any atom is 0.149 e. The van der Waals surface area contributed by atoms with Crippen molar-refractivity contribution in [3.63, 3.8) is 0 Å². The summed E-state index contributed by atoms with van der Waals surface area (Å²) >= 11 is 17.9. The van der Waals surface area contributed by atoms with E-state index in [2.05, 4.69) is 4.98 Å². The number of aromatic nitrogens is 1. The summed E-state index contributed by atoms with van der Waals surface area (Å²) in [6, 6.07) is 4.22. The average Bonchev–Trinajstić information content (AvgIpc) is 2.36. The van der Waals surface area contributed by atoms with Crippen molar-refractivity contribution in [2.75, 3.05) is 0 Å². The largest absolute Gasteiger partial charge is 0.392 e. The minimum Gasteiger partial charge on any atom is -0.392 e. The average molecular weight is 307 g/mol. The van der Waals surface area contributed by atoms with E-state index in [1.807, 2.05) is 0 Å². The molecule has 1 aromatic carbocycles. The van der Waals surface area contributed by atoms with Crippen molar-refractivity contribution in [3.05, 3.63) is 50.8 Å². The standard InChI is InChI=1S/C12H7Cl3FNO/c13-7-1-2-8(14)11(15)10(7)12-9(16)3-6(5-18)4-17-12/h1-4,18H,5H2. The second-order valence-corrected chi connectivity index (χ2v) is 4.74. The first kappa shape index (κ1) is 13.6. The van der Waals surface area contributed by atoms with Crippen LogP contribution in [0, 0.1) is 5.82 Å². The number of benzene rings is 1. The molecular weight excluding hydrogens is 299 g/mol. The van der Waals surface area contributed by atoms with Gasteiger partial charge in [-0.05, 0) is 23.8 Å². The summed E-state index contributed by atoms with van der Waals surface area (Å²) in [5, 5.41) is 9.57. The van der Waals surface area contributed by atoms with Crippen LogP contribution < -0.4 is 0 Å². The van der Waals surface area contributed by atoms with Crippen molar-refractivity contribution in [1.29, 1.82) is 0 Å². The van der Waals surface area contributed by atoms with E-state index < -0.39 is 5.82 Å². The van der Waals surface area contributed by atoms with Gasteiger partial charge in [-0.1, -0.05) is 34.8 Å². The number of halogens is 4. The Morgan fingerprint density at radius 2 is 1.83 bits per heavy atom. The number of hydrogen-bond donors (Lipinski definition) is 1. The highest BCUT2D eigenvalue weighted by atomic mass is 35.5. The molecule has 1 aromatic heterocycles. The first-order valence-electron chi connectivity index (χ1n) is 4.93. The summed E-state index contributed by atoms with van der Waals surface area (Å²) in [5.74, 6) is -0.618. The molecular formula is C12H7Cl3FNO. The molecule has 0 aliphatic rings. The molecule has 18 heavy (non-hydrogen) atoms. The minimum atomic E-state index is -0.618. The number of aliphatic hydroxyl groups excluding tert-OH is 1. The van der Waals surface area contributed by atoms with Gasteiger partial charge in [-0.25, -0.2) is 4.39 Å². The Balaban J connectivity index is 2.66. The summed E-state index contributed by atoms with van der Waals surface area (Å²) in [4.78, 5) is 3.92. The van der Waals surface area contributed by atoms with Crippen molar-refractivity contribution < 1.29 is 9.50 Å². The Morgan fingerprint density at radius 3 is 2.44 bits per heavy atom. The first-order chi connectivity index (χ1) is 8.54. The molecule has 2 aromatic rings. The highest BCUT2D eigenvalue weighted by molar-refractivity contribution is 6.46. The Hall–Kier alpha value is -0.870. The van der Waals surface area contributed by atoms with Crippen LogP contribution in [0.5, 0.6) is 0 Å². The predicted octanol–water partition coefficient (Wildman–Crippen LogP) is 4.34. The molecule has 6 heteroatoms. The predicted molar refractivity (Wildman–Crippen MR) is 70.6 cm³/mol. The molecule has 94 valence electrons. The molecule has 1 heterocycles. The third-order valence-corrected chi connectivity index (χ3v) is 3.48. The normalized spacial score (nSPS) is 10.7. The van der Waals surface area contributed by atoms with Crippen molar-refractivity contribution >= 4 is 34.8 Å². The van der Waals surface area contributed by atoms with Crippen LogP contribution in [0.15, 0.2) is 24.4 Å². The summed E-state index contributed by atoms with van der Waals surface area (Å²) in [7, 11) is 0. The Labute approximate surface area is 118 Å². The van der Waals surface area contributed by atoms with E-state index in [-0.39, 0.29) is 32.9 Å². The van der Waals surface area contributed by atoms with Gasteiger partial charge in [-0.15, -0.1) is 0 Å². The van der Waals surface area contributed by atoms with Gasteiger partial charge in [0.2, 0.25) is 0 Å². The molecule has 0 bridgehead atoms. The van der Waals surface area contributed by atoms with Gasteiger partial charge < -0.3 is 5.11 Å². The lowest BCUT2D eigenvalue weighted by atomic mass is 10.1. The fourth-order valence-corrected chi connectivity index (χ4v) is 2.20. The second kappa shape index (κ2) is 5.41. The summed E-state index contributed by atoms with van der Waals surface area (Å²) in [6.45, 7) is -0.290. The molecule has 0 amide bonds. The van der Waals surface area contributed by atoms with E-state index in [0.717, 1.165) is 0 Å². The smallest absolute Gasteiger partial charge is 0.149 e. The molecule has 0 radical (unpaired) electrons. The van der Waals surface area contributed by atoms with E-state index in [1.54, 1.807) is 0 Å². The molecule has 0 saturated heterocycles. The third kappa shape index (κ3) is 2.45. The second-order valence-electron chi connectivity index (χ2n) is 3.55.